The van der Waals surface area contributed by atoms with Crippen LogP contribution in [0.2, 0.25) is 0 Å². The highest BCUT2D eigenvalue weighted by Gasteiger charge is 2.35. The Labute approximate surface area is 263 Å². The summed E-state index contributed by atoms with van der Waals surface area (Å²) < 4.78 is 11.1. The number of aromatic nitrogens is 2. The van der Waals surface area contributed by atoms with Crippen LogP contribution in [0.3, 0.4) is 0 Å². The summed E-state index contributed by atoms with van der Waals surface area (Å²) in [6.07, 6.45) is 0. The molecule has 8 rings (SSSR count). The minimum absolute atomic E-state index is 0.418. The van der Waals surface area contributed by atoms with Crippen molar-refractivity contribution in [2.75, 3.05) is 0 Å². The van der Waals surface area contributed by atoms with Crippen molar-refractivity contribution in [3.05, 3.63) is 127 Å². The molecule has 0 aliphatic carbocycles. The summed E-state index contributed by atoms with van der Waals surface area (Å²) in [5, 5.41) is 18.1. The summed E-state index contributed by atoms with van der Waals surface area (Å²) in [6.45, 7) is 7.44. The first-order chi connectivity index (χ1) is 21.7. The lowest BCUT2D eigenvalue weighted by atomic mass is 9.82. The van der Waals surface area contributed by atoms with Crippen LogP contribution in [0.25, 0.3) is 65.8 Å². The SMILES string of the molecule is CC(C)(O)C(C)(C)OBc1ccc(-n2c3ccccc3c3c4ccccc4c4c5ccccc5n(-c5ccccc5)c4c32)cc1. The molecule has 0 bridgehead atoms. The number of fused-ring (bicyclic) bond motifs is 10. The summed E-state index contributed by atoms with van der Waals surface area (Å²) in [6, 6.07) is 45.7. The minimum Gasteiger partial charge on any atom is -0.427 e. The van der Waals surface area contributed by atoms with Gasteiger partial charge in [-0.2, -0.15) is 0 Å². The van der Waals surface area contributed by atoms with E-state index in [9.17, 15) is 5.11 Å². The van der Waals surface area contributed by atoms with Crippen LogP contribution in [0.5, 0.6) is 0 Å². The highest BCUT2D eigenvalue weighted by Crippen LogP contribution is 2.46. The fraction of sp³-hybridized carbons (Fsp3) is 0.150. The Morgan fingerprint density at radius 3 is 1.42 bits per heavy atom. The van der Waals surface area contributed by atoms with Gasteiger partial charge in [-0.3, -0.25) is 0 Å². The number of nitrogens with zero attached hydrogens (tertiary/aromatic N) is 2. The number of aliphatic hydroxyl groups is 1. The molecule has 0 aliphatic heterocycles. The predicted molar refractivity (Wildman–Crippen MR) is 191 cm³/mol. The quantitative estimate of drug-likeness (QED) is 0.198. The molecule has 0 radical (unpaired) electrons. The smallest absolute Gasteiger partial charge is 0.309 e. The Morgan fingerprint density at radius 2 is 0.933 bits per heavy atom. The average molecular weight is 587 g/mol. The molecule has 0 aliphatic rings. The van der Waals surface area contributed by atoms with E-state index in [4.69, 9.17) is 4.65 Å². The van der Waals surface area contributed by atoms with E-state index in [2.05, 4.69) is 137 Å². The van der Waals surface area contributed by atoms with Crippen LogP contribution < -0.4 is 5.46 Å². The van der Waals surface area contributed by atoms with Crippen LogP contribution in [-0.2, 0) is 4.65 Å². The summed E-state index contributed by atoms with van der Waals surface area (Å²) in [4.78, 5) is 0. The Morgan fingerprint density at radius 1 is 0.511 bits per heavy atom. The number of rotatable bonds is 6. The summed E-state index contributed by atoms with van der Waals surface area (Å²) in [5.41, 5.74) is 6.40. The normalized spacial score (nSPS) is 12.6. The van der Waals surface area contributed by atoms with Crippen molar-refractivity contribution >= 4 is 67.3 Å². The second-order valence-electron chi connectivity index (χ2n) is 13.1. The van der Waals surface area contributed by atoms with E-state index in [0.29, 0.717) is 7.48 Å². The van der Waals surface area contributed by atoms with Gasteiger partial charge in [0.2, 0.25) is 0 Å². The second-order valence-corrected chi connectivity index (χ2v) is 13.1. The van der Waals surface area contributed by atoms with Crippen molar-refractivity contribution in [2.45, 2.75) is 38.9 Å². The molecule has 8 aromatic rings. The standard InChI is InChI=1S/C40H35BN2O2/c1-39(2,44)40(3,4)45-41-26-22-24-28(25-23-26)43-34-21-13-11-19-32(34)36-30-17-9-8-16-29(30)35-31-18-10-12-20-33(31)42(37(35)38(36)43)27-14-6-5-7-15-27/h5-25,41,44H,1-4H3. The second kappa shape index (κ2) is 10.1. The fourth-order valence-corrected chi connectivity index (χ4v) is 6.69. The molecule has 6 aromatic carbocycles. The molecule has 1 N–H and O–H groups in total. The van der Waals surface area contributed by atoms with Gasteiger partial charge in [-0.1, -0.05) is 96.5 Å². The number of benzene rings is 6. The summed E-state index contributed by atoms with van der Waals surface area (Å²) >= 11 is 0. The third kappa shape index (κ3) is 4.22. The Balaban J connectivity index is 1.47. The van der Waals surface area contributed by atoms with E-state index < -0.39 is 11.2 Å². The van der Waals surface area contributed by atoms with Crippen molar-refractivity contribution in [2.24, 2.45) is 0 Å². The molecule has 0 amide bonds. The van der Waals surface area contributed by atoms with Gasteiger partial charge < -0.3 is 18.9 Å². The van der Waals surface area contributed by atoms with Gasteiger partial charge >= 0.3 is 7.48 Å². The third-order valence-electron chi connectivity index (χ3n) is 9.72. The van der Waals surface area contributed by atoms with Crippen LogP contribution in [0.4, 0.5) is 0 Å². The zero-order valence-corrected chi connectivity index (χ0v) is 26.1. The minimum atomic E-state index is -0.957. The summed E-state index contributed by atoms with van der Waals surface area (Å²) in [5.74, 6) is 0. The lowest BCUT2D eigenvalue weighted by Gasteiger charge is -2.37. The maximum absolute atomic E-state index is 10.6. The summed E-state index contributed by atoms with van der Waals surface area (Å²) in [7, 11) is 0.418. The highest BCUT2D eigenvalue weighted by molar-refractivity contribution is 6.47. The van der Waals surface area contributed by atoms with Crippen LogP contribution in [0.1, 0.15) is 27.7 Å². The van der Waals surface area contributed by atoms with Gasteiger partial charge in [0, 0.05) is 32.9 Å². The zero-order valence-electron chi connectivity index (χ0n) is 26.1. The molecule has 45 heavy (non-hydrogen) atoms. The maximum atomic E-state index is 10.6. The average Bonchev–Trinajstić information content (AvgIpc) is 3.58. The number of para-hydroxylation sites is 3. The van der Waals surface area contributed by atoms with Gasteiger partial charge in [-0.15, -0.1) is 0 Å². The van der Waals surface area contributed by atoms with E-state index in [1.165, 1.54) is 54.4 Å². The van der Waals surface area contributed by atoms with Crippen LogP contribution in [-0.4, -0.2) is 32.9 Å². The highest BCUT2D eigenvalue weighted by atomic mass is 16.5. The van der Waals surface area contributed by atoms with Crippen LogP contribution in [0.15, 0.2) is 127 Å². The maximum Gasteiger partial charge on any atom is 0.309 e. The molecule has 2 aromatic heterocycles. The topological polar surface area (TPSA) is 39.3 Å². The molecule has 2 heterocycles. The van der Waals surface area contributed by atoms with Gasteiger partial charge in [0.1, 0.15) is 0 Å². The predicted octanol–water partition coefficient (Wildman–Crippen LogP) is 8.58. The molecule has 0 saturated heterocycles. The Bertz CT molecular complexity index is 2380. The largest absolute Gasteiger partial charge is 0.427 e. The molecule has 220 valence electrons. The van der Waals surface area contributed by atoms with Gasteiger partial charge in [0.25, 0.3) is 0 Å². The molecule has 0 atom stereocenters. The lowest BCUT2D eigenvalue weighted by Crippen LogP contribution is -2.49. The number of hydrogen-bond acceptors (Lipinski definition) is 2. The molecular weight excluding hydrogens is 551 g/mol. The first-order valence-corrected chi connectivity index (χ1v) is 15.6. The first kappa shape index (κ1) is 27.7. The van der Waals surface area contributed by atoms with Crippen molar-refractivity contribution in [3.8, 4) is 11.4 Å². The third-order valence-corrected chi connectivity index (χ3v) is 9.72. The van der Waals surface area contributed by atoms with E-state index in [0.717, 1.165) is 16.8 Å². The van der Waals surface area contributed by atoms with E-state index in [1.54, 1.807) is 13.8 Å². The fourth-order valence-electron chi connectivity index (χ4n) is 6.69. The lowest BCUT2D eigenvalue weighted by molar-refractivity contribution is -0.0893. The Hall–Kier alpha value is -4.84. The van der Waals surface area contributed by atoms with Crippen molar-refractivity contribution < 1.29 is 9.76 Å². The molecule has 0 unspecified atom stereocenters. The van der Waals surface area contributed by atoms with Crippen molar-refractivity contribution in [3.63, 3.8) is 0 Å². The molecular formula is C40H35BN2O2. The monoisotopic (exact) mass is 586 g/mol. The molecule has 4 nitrogen and oxygen atoms in total. The van der Waals surface area contributed by atoms with E-state index in [1.807, 2.05) is 13.8 Å². The Kier molecular flexibility index (Phi) is 6.21. The van der Waals surface area contributed by atoms with E-state index >= 15 is 0 Å². The molecule has 0 saturated carbocycles. The van der Waals surface area contributed by atoms with Gasteiger partial charge in [0.15, 0.2) is 0 Å². The van der Waals surface area contributed by atoms with E-state index in [-0.39, 0.29) is 0 Å². The van der Waals surface area contributed by atoms with Gasteiger partial charge in [0.05, 0.1) is 33.3 Å². The van der Waals surface area contributed by atoms with Gasteiger partial charge in [-0.05, 0) is 74.9 Å². The molecule has 5 heteroatoms. The molecule has 0 fully saturated rings. The number of hydrogen-bond donors (Lipinski definition) is 1. The van der Waals surface area contributed by atoms with Crippen molar-refractivity contribution in [1.82, 2.24) is 9.13 Å². The van der Waals surface area contributed by atoms with Crippen LogP contribution >= 0.6 is 0 Å². The molecule has 0 spiro atoms. The van der Waals surface area contributed by atoms with Crippen LogP contribution in [0, 0.1) is 0 Å². The first-order valence-electron chi connectivity index (χ1n) is 15.6. The van der Waals surface area contributed by atoms with Crippen molar-refractivity contribution in [1.29, 1.82) is 0 Å². The van der Waals surface area contributed by atoms with Gasteiger partial charge in [-0.25, -0.2) is 0 Å². The zero-order chi connectivity index (χ0) is 30.9.